The summed E-state index contributed by atoms with van der Waals surface area (Å²) < 4.78 is 44.5. The number of benzene rings is 1. The summed E-state index contributed by atoms with van der Waals surface area (Å²) >= 11 is 0. The van der Waals surface area contributed by atoms with E-state index in [4.69, 9.17) is 14.2 Å². The minimum Gasteiger partial charge on any atom is -0.494 e. The lowest BCUT2D eigenvalue weighted by atomic mass is 10.1. The number of ether oxygens (including phenoxy) is 3. The van der Waals surface area contributed by atoms with Crippen molar-refractivity contribution in [2.24, 2.45) is 9.98 Å². The van der Waals surface area contributed by atoms with Gasteiger partial charge >= 0.3 is 0 Å². The molecule has 34 heavy (non-hydrogen) atoms. The number of nitrogens with zero attached hydrogens (tertiary/aromatic N) is 3. The number of aliphatic imine (C=N–C) groups is 2. The van der Waals surface area contributed by atoms with E-state index < -0.39 is 18.2 Å². The van der Waals surface area contributed by atoms with Gasteiger partial charge in [0, 0.05) is 36.5 Å². The lowest BCUT2D eigenvalue weighted by Gasteiger charge is -2.32. The van der Waals surface area contributed by atoms with Crippen LogP contribution >= 0.6 is 8.58 Å². The molecule has 1 fully saturated rings. The maximum atomic E-state index is 14.5. The molecule has 0 radical (unpaired) electrons. The van der Waals surface area contributed by atoms with Crippen LogP contribution in [0, 0.1) is 11.6 Å². The molecular formula is C24H31F2N4O3P. The van der Waals surface area contributed by atoms with Crippen molar-refractivity contribution < 1.29 is 23.0 Å². The second-order valence-electron chi connectivity index (χ2n) is 7.68. The summed E-state index contributed by atoms with van der Waals surface area (Å²) in [5.74, 6) is -1.77. The second-order valence-corrected chi connectivity index (χ2v) is 8.90. The first-order valence-corrected chi connectivity index (χ1v) is 12.3. The molecule has 1 N–H and O–H groups in total. The topological polar surface area (TPSA) is 67.7 Å². The second kappa shape index (κ2) is 13.1. The fourth-order valence-electron chi connectivity index (χ4n) is 3.66. The Bertz CT molecular complexity index is 961. The summed E-state index contributed by atoms with van der Waals surface area (Å²) in [6.07, 6.45) is 11.9. The minimum atomic E-state index is -0.854. The summed E-state index contributed by atoms with van der Waals surface area (Å²) in [5.41, 5.74) is 2.23. The number of methoxy groups -OCH3 is 2. The highest BCUT2D eigenvalue weighted by atomic mass is 31.1. The molecule has 0 bridgehead atoms. The molecule has 1 unspecified atom stereocenters. The molecule has 0 amide bonds. The average molecular weight is 493 g/mol. The fourth-order valence-corrected chi connectivity index (χ4v) is 4.92. The van der Waals surface area contributed by atoms with Gasteiger partial charge in [0.25, 0.3) is 0 Å². The van der Waals surface area contributed by atoms with Gasteiger partial charge in [-0.25, -0.2) is 8.78 Å². The maximum Gasteiger partial charge on any atom is 0.174 e. The van der Waals surface area contributed by atoms with E-state index in [2.05, 4.69) is 39.1 Å². The van der Waals surface area contributed by atoms with Crippen LogP contribution in [0.2, 0.25) is 0 Å². The van der Waals surface area contributed by atoms with Crippen LogP contribution in [-0.2, 0) is 11.3 Å². The summed E-state index contributed by atoms with van der Waals surface area (Å²) in [4.78, 5) is 10.5. The monoisotopic (exact) mass is 492 g/mol. The fraction of sp³-hybridized carbons (Fsp3) is 0.417. The molecule has 0 aromatic heterocycles. The zero-order valence-corrected chi connectivity index (χ0v) is 20.6. The Labute approximate surface area is 201 Å². The van der Waals surface area contributed by atoms with Crippen LogP contribution in [0.3, 0.4) is 0 Å². The number of halogens is 2. The normalized spacial score (nSPS) is 17.4. The number of hydrogen-bond donors (Lipinski definition) is 1. The van der Waals surface area contributed by atoms with Gasteiger partial charge in [0.2, 0.25) is 0 Å². The van der Waals surface area contributed by atoms with Crippen LogP contribution in [0.5, 0.6) is 11.5 Å². The molecule has 7 nitrogen and oxygen atoms in total. The molecule has 0 aliphatic carbocycles. The highest BCUT2D eigenvalue weighted by molar-refractivity contribution is 7.43. The van der Waals surface area contributed by atoms with E-state index in [1.54, 1.807) is 0 Å². The number of likely N-dealkylation sites (tertiary alicyclic amines) is 1. The van der Waals surface area contributed by atoms with Gasteiger partial charge in [-0.2, -0.15) is 0 Å². The van der Waals surface area contributed by atoms with Gasteiger partial charge < -0.3 is 24.4 Å². The zero-order chi connectivity index (χ0) is 24.3. The number of rotatable bonds is 11. The van der Waals surface area contributed by atoms with E-state index >= 15 is 0 Å². The highest BCUT2D eigenvalue weighted by Gasteiger charge is 2.21. The van der Waals surface area contributed by atoms with E-state index in [1.807, 2.05) is 0 Å². The van der Waals surface area contributed by atoms with Crippen LogP contribution in [0.15, 0.2) is 51.3 Å². The van der Waals surface area contributed by atoms with E-state index in [0.29, 0.717) is 6.67 Å². The summed E-state index contributed by atoms with van der Waals surface area (Å²) in [6, 6.07) is 1.15. The largest absolute Gasteiger partial charge is 0.494 e. The lowest BCUT2D eigenvalue weighted by molar-refractivity contribution is 0.207. The Kier molecular flexibility index (Phi) is 9.89. The first-order chi connectivity index (χ1) is 16.6. The van der Waals surface area contributed by atoms with E-state index in [0.717, 1.165) is 39.6 Å². The predicted octanol–water partition coefficient (Wildman–Crippen LogP) is 4.56. The third kappa shape index (κ3) is 6.79. The van der Waals surface area contributed by atoms with Crippen LogP contribution in [-0.4, -0.2) is 58.0 Å². The van der Waals surface area contributed by atoms with Crippen LogP contribution in [0.25, 0.3) is 0 Å². The molecule has 2 aliphatic rings. The first kappa shape index (κ1) is 25.7. The van der Waals surface area contributed by atoms with Gasteiger partial charge in [0.1, 0.15) is 13.3 Å². The molecule has 2 aliphatic heterocycles. The summed E-state index contributed by atoms with van der Waals surface area (Å²) in [7, 11) is 3.33. The van der Waals surface area contributed by atoms with Crippen LogP contribution in [0.4, 0.5) is 8.78 Å². The number of hydrogen-bond acceptors (Lipinski definition) is 7. The quantitative estimate of drug-likeness (QED) is 0.279. The van der Waals surface area contributed by atoms with Crippen molar-refractivity contribution in [2.75, 3.05) is 40.1 Å². The Balaban J connectivity index is 1.55. The van der Waals surface area contributed by atoms with Crippen molar-refractivity contribution in [3.05, 3.63) is 58.5 Å². The highest BCUT2D eigenvalue weighted by Crippen LogP contribution is 2.34. The maximum absolute atomic E-state index is 14.5. The van der Waals surface area contributed by atoms with E-state index in [9.17, 15) is 8.78 Å². The molecule has 1 aromatic rings. The van der Waals surface area contributed by atoms with Crippen molar-refractivity contribution in [1.29, 1.82) is 0 Å². The van der Waals surface area contributed by atoms with Gasteiger partial charge in [-0.05, 0) is 38.1 Å². The van der Waals surface area contributed by atoms with E-state index in [1.165, 1.54) is 51.3 Å². The van der Waals surface area contributed by atoms with E-state index in [-0.39, 0.29) is 22.8 Å². The molecular weight excluding hydrogens is 461 g/mol. The first-order valence-electron chi connectivity index (χ1n) is 11.1. The average Bonchev–Trinajstić information content (AvgIpc) is 2.87. The van der Waals surface area contributed by atoms with Gasteiger partial charge in [-0.3, -0.25) is 9.98 Å². The molecule has 0 saturated carbocycles. The molecule has 184 valence electrons. The molecule has 1 aromatic carbocycles. The third-order valence-electron chi connectivity index (χ3n) is 5.48. The Hall–Kier alpha value is -2.93. The van der Waals surface area contributed by atoms with Crippen molar-refractivity contribution in [3.8, 4) is 11.5 Å². The van der Waals surface area contributed by atoms with Crippen molar-refractivity contribution in [2.45, 2.75) is 25.9 Å². The number of nitrogens with one attached hydrogen (secondary N) is 1. The molecule has 1 atom stereocenters. The zero-order valence-electron chi connectivity index (χ0n) is 19.6. The minimum absolute atomic E-state index is 0.138. The van der Waals surface area contributed by atoms with Gasteiger partial charge in [-0.15, -0.1) is 0 Å². The standard InChI is InChI=1S/C24H31F2N4O3P/c1-27-12-18(33-14-19-23(25)20(31-2)11-21(32-3)24(19)26)13-28-16-29-17-7-8-22(34-15-17)30-9-5-4-6-10-30/h7-8,11-13,29,34H,1,4-6,9-10,14-16H2,2-3H3/b18-12+,28-13-. The number of piperidine rings is 1. The molecule has 2 heterocycles. The van der Waals surface area contributed by atoms with Gasteiger partial charge in [0.05, 0.1) is 32.2 Å². The van der Waals surface area contributed by atoms with Crippen molar-refractivity contribution in [3.63, 3.8) is 0 Å². The predicted molar refractivity (Wildman–Crippen MR) is 133 cm³/mol. The van der Waals surface area contributed by atoms with Crippen LogP contribution < -0.4 is 14.8 Å². The lowest BCUT2D eigenvalue weighted by Crippen LogP contribution is -2.28. The Morgan fingerprint density at radius 3 is 2.44 bits per heavy atom. The Morgan fingerprint density at radius 2 is 1.85 bits per heavy atom. The summed E-state index contributed by atoms with van der Waals surface area (Å²) in [6.45, 7) is 5.64. The summed E-state index contributed by atoms with van der Waals surface area (Å²) in [5, 5.41) is 3.29. The van der Waals surface area contributed by atoms with Gasteiger partial charge in [-0.1, -0.05) is 8.58 Å². The molecule has 10 heteroatoms. The van der Waals surface area contributed by atoms with Crippen LogP contribution in [0.1, 0.15) is 24.8 Å². The third-order valence-corrected chi connectivity index (χ3v) is 6.88. The number of allylic oxidation sites excluding steroid dienone is 4. The SMILES string of the molecule is C=N/C=C(\C=N/CNC1=CC=C(N2CCCCC2)PC1)OCc1c(F)c(OC)cc(OC)c1F. The molecule has 3 rings (SSSR count). The van der Waals surface area contributed by atoms with Crippen molar-refractivity contribution >= 4 is 21.5 Å². The van der Waals surface area contributed by atoms with Crippen molar-refractivity contribution in [1.82, 2.24) is 10.2 Å². The smallest absolute Gasteiger partial charge is 0.174 e. The molecule has 0 spiro atoms. The molecule has 1 saturated heterocycles. The van der Waals surface area contributed by atoms with Gasteiger partial charge in [0.15, 0.2) is 28.9 Å². The Morgan fingerprint density at radius 1 is 1.15 bits per heavy atom.